The molecule has 1 atom stereocenters. The maximum Gasteiger partial charge on any atom is 0.215 e. The number of anilines is 2. The zero-order valence-electron chi connectivity index (χ0n) is 8.47. The van der Waals surface area contributed by atoms with Gasteiger partial charge in [-0.2, -0.15) is 4.98 Å². The van der Waals surface area contributed by atoms with Gasteiger partial charge in [-0.05, 0) is 6.07 Å². The normalized spacial score (nSPS) is 12.2. The van der Waals surface area contributed by atoms with E-state index < -0.39 is 6.10 Å². The standard InChI is InChI=1S/C9H15N3O3/c1-15-8-3-2-7(10)9(12-8)11-4-6(14)5-13/h2-3,6,13-14H,4-5,10H2,1H3,(H,11,12). The molecule has 5 N–H and O–H groups in total. The third-order valence-electron chi connectivity index (χ3n) is 1.83. The average Bonchev–Trinajstić information content (AvgIpc) is 2.27. The minimum absolute atomic E-state index is 0.181. The highest BCUT2D eigenvalue weighted by Gasteiger charge is 2.06. The molecule has 0 saturated carbocycles. The highest BCUT2D eigenvalue weighted by Crippen LogP contribution is 2.19. The molecule has 15 heavy (non-hydrogen) atoms. The van der Waals surface area contributed by atoms with Gasteiger partial charge in [0.05, 0.1) is 25.5 Å². The number of aromatic nitrogens is 1. The Balaban J connectivity index is 2.66. The third kappa shape index (κ3) is 3.26. The van der Waals surface area contributed by atoms with Crippen LogP contribution in [0.15, 0.2) is 12.1 Å². The number of hydrogen-bond acceptors (Lipinski definition) is 6. The van der Waals surface area contributed by atoms with Crippen molar-refractivity contribution in [2.75, 3.05) is 31.3 Å². The van der Waals surface area contributed by atoms with Crippen LogP contribution in [0.5, 0.6) is 5.88 Å². The van der Waals surface area contributed by atoms with Crippen LogP contribution in [-0.2, 0) is 0 Å². The number of methoxy groups -OCH3 is 1. The number of nitrogens with zero attached hydrogens (tertiary/aromatic N) is 1. The van der Waals surface area contributed by atoms with Crippen molar-refractivity contribution >= 4 is 11.5 Å². The molecular formula is C9H15N3O3. The van der Waals surface area contributed by atoms with Crippen LogP contribution in [0.25, 0.3) is 0 Å². The van der Waals surface area contributed by atoms with Crippen LogP contribution in [0, 0.1) is 0 Å². The molecule has 1 aromatic heterocycles. The maximum absolute atomic E-state index is 9.12. The molecule has 1 rings (SSSR count). The van der Waals surface area contributed by atoms with Gasteiger partial charge < -0.3 is 26.0 Å². The summed E-state index contributed by atoms with van der Waals surface area (Å²) in [5.74, 6) is 0.868. The van der Waals surface area contributed by atoms with Gasteiger partial charge in [-0.15, -0.1) is 0 Å². The lowest BCUT2D eigenvalue weighted by Crippen LogP contribution is -2.23. The smallest absolute Gasteiger partial charge is 0.215 e. The second kappa shape index (κ2) is 5.38. The number of nitrogens with two attached hydrogens (primary N) is 1. The van der Waals surface area contributed by atoms with Gasteiger partial charge in [-0.1, -0.05) is 0 Å². The van der Waals surface area contributed by atoms with E-state index in [1.54, 1.807) is 12.1 Å². The Hall–Kier alpha value is -1.53. The summed E-state index contributed by atoms with van der Waals surface area (Å²) in [6.07, 6.45) is -0.836. The predicted molar refractivity (Wildman–Crippen MR) is 56.8 cm³/mol. The summed E-state index contributed by atoms with van der Waals surface area (Å²) in [5, 5.41) is 20.6. The summed E-state index contributed by atoms with van der Waals surface area (Å²) in [6.45, 7) is -0.127. The van der Waals surface area contributed by atoms with E-state index in [1.807, 2.05) is 0 Å². The molecule has 1 aromatic rings. The monoisotopic (exact) mass is 213 g/mol. The Morgan fingerprint density at radius 3 is 2.93 bits per heavy atom. The molecule has 0 aliphatic carbocycles. The number of hydrogen-bond donors (Lipinski definition) is 4. The number of pyridine rings is 1. The summed E-state index contributed by atoms with van der Waals surface area (Å²) >= 11 is 0. The summed E-state index contributed by atoms with van der Waals surface area (Å²) in [5.41, 5.74) is 6.11. The summed E-state index contributed by atoms with van der Waals surface area (Å²) < 4.78 is 4.92. The predicted octanol–water partition coefficient (Wildman–Crippen LogP) is -0.563. The van der Waals surface area contributed by atoms with E-state index in [1.165, 1.54) is 7.11 Å². The molecule has 1 heterocycles. The second-order valence-corrected chi connectivity index (χ2v) is 3.01. The third-order valence-corrected chi connectivity index (χ3v) is 1.83. The number of ether oxygens (including phenoxy) is 1. The van der Waals surface area contributed by atoms with E-state index in [0.29, 0.717) is 17.4 Å². The Morgan fingerprint density at radius 2 is 2.33 bits per heavy atom. The Kier molecular flexibility index (Phi) is 4.14. The van der Waals surface area contributed by atoms with Crippen molar-refractivity contribution in [1.29, 1.82) is 0 Å². The minimum Gasteiger partial charge on any atom is -0.481 e. The highest BCUT2D eigenvalue weighted by atomic mass is 16.5. The molecule has 1 unspecified atom stereocenters. The lowest BCUT2D eigenvalue weighted by atomic mass is 10.3. The number of rotatable bonds is 5. The first kappa shape index (κ1) is 11.5. The molecular weight excluding hydrogens is 198 g/mol. The first-order chi connectivity index (χ1) is 7.17. The summed E-state index contributed by atoms with van der Waals surface area (Å²) in [4.78, 5) is 4.05. The van der Waals surface area contributed by atoms with E-state index in [4.69, 9.17) is 20.7 Å². The molecule has 0 aliphatic heterocycles. The van der Waals surface area contributed by atoms with Gasteiger partial charge in [0.15, 0.2) is 5.82 Å². The molecule has 0 aliphatic rings. The topological polar surface area (TPSA) is 101 Å². The maximum atomic E-state index is 9.12. The van der Waals surface area contributed by atoms with E-state index in [0.717, 1.165) is 0 Å². The van der Waals surface area contributed by atoms with Gasteiger partial charge in [0.1, 0.15) is 0 Å². The molecule has 6 heteroatoms. The van der Waals surface area contributed by atoms with Gasteiger partial charge in [-0.3, -0.25) is 0 Å². The molecule has 0 bridgehead atoms. The van der Waals surface area contributed by atoms with Crippen molar-refractivity contribution in [2.45, 2.75) is 6.10 Å². The van der Waals surface area contributed by atoms with Crippen molar-refractivity contribution in [1.82, 2.24) is 4.98 Å². The SMILES string of the molecule is COc1ccc(N)c(NCC(O)CO)n1. The quantitative estimate of drug-likeness (QED) is 0.523. The number of aliphatic hydroxyl groups is 2. The largest absolute Gasteiger partial charge is 0.481 e. The van der Waals surface area contributed by atoms with Crippen LogP contribution in [0.3, 0.4) is 0 Å². The molecule has 0 fully saturated rings. The fourth-order valence-corrected chi connectivity index (χ4v) is 0.986. The van der Waals surface area contributed by atoms with Crippen molar-refractivity contribution in [3.8, 4) is 5.88 Å². The second-order valence-electron chi connectivity index (χ2n) is 3.01. The van der Waals surface area contributed by atoms with Gasteiger partial charge in [0.2, 0.25) is 5.88 Å². The molecule has 6 nitrogen and oxygen atoms in total. The molecule has 0 spiro atoms. The first-order valence-electron chi connectivity index (χ1n) is 4.50. The molecule has 0 aromatic carbocycles. The lowest BCUT2D eigenvalue weighted by molar-refractivity contribution is 0.105. The van der Waals surface area contributed by atoms with Crippen molar-refractivity contribution in [2.24, 2.45) is 0 Å². The van der Waals surface area contributed by atoms with E-state index in [-0.39, 0.29) is 13.2 Å². The van der Waals surface area contributed by atoms with Gasteiger partial charge in [-0.25, -0.2) is 0 Å². The lowest BCUT2D eigenvalue weighted by Gasteiger charge is -2.11. The van der Waals surface area contributed by atoms with Crippen LogP contribution in [-0.4, -0.2) is 41.6 Å². The molecule has 0 amide bonds. The zero-order valence-corrected chi connectivity index (χ0v) is 8.47. The van der Waals surface area contributed by atoms with Crippen molar-refractivity contribution < 1.29 is 14.9 Å². The number of nitrogens with one attached hydrogen (secondary N) is 1. The van der Waals surface area contributed by atoms with Crippen LogP contribution in [0.1, 0.15) is 0 Å². The van der Waals surface area contributed by atoms with Crippen molar-refractivity contribution in [3.05, 3.63) is 12.1 Å². The zero-order chi connectivity index (χ0) is 11.3. The fourth-order valence-electron chi connectivity index (χ4n) is 0.986. The van der Waals surface area contributed by atoms with Crippen LogP contribution < -0.4 is 15.8 Å². The summed E-state index contributed by atoms with van der Waals surface area (Å²) in [6, 6.07) is 3.29. The van der Waals surface area contributed by atoms with E-state index in [9.17, 15) is 0 Å². The van der Waals surface area contributed by atoms with Crippen LogP contribution >= 0.6 is 0 Å². The van der Waals surface area contributed by atoms with Crippen LogP contribution in [0.4, 0.5) is 11.5 Å². The van der Waals surface area contributed by atoms with Gasteiger partial charge in [0, 0.05) is 12.6 Å². The van der Waals surface area contributed by atoms with Gasteiger partial charge >= 0.3 is 0 Å². The molecule has 0 radical (unpaired) electrons. The average molecular weight is 213 g/mol. The Labute approximate surface area is 87.7 Å². The minimum atomic E-state index is -0.836. The first-order valence-corrected chi connectivity index (χ1v) is 4.50. The Bertz CT molecular complexity index is 319. The van der Waals surface area contributed by atoms with Crippen molar-refractivity contribution in [3.63, 3.8) is 0 Å². The number of aliphatic hydroxyl groups excluding tert-OH is 2. The van der Waals surface area contributed by atoms with Gasteiger partial charge in [0.25, 0.3) is 0 Å². The van der Waals surface area contributed by atoms with Crippen LogP contribution in [0.2, 0.25) is 0 Å². The van der Waals surface area contributed by atoms with E-state index in [2.05, 4.69) is 10.3 Å². The molecule has 84 valence electrons. The molecule has 0 saturated heterocycles. The highest BCUT2D eigenvalue weighted by molar-refractivity contribution is 5.61. The Morgan fingerprint density at radius 1 is 1.60 bits per heavy atom. The number of nitrogen functional groups attached to an aromatic ring is 1. The summed E-state index contributed by atoms with van der Waals surface area (Å²) in [7, 11) is 1.50. The van der Waals surface area contributed by atoms with E-state index >= 15 is 0 Å². The fraction of sp³-hybridized carbons (Fsp3) is 0.444.